The molecule has 176 valence electrons. The van der Waals surface area contributed by atoms with E-state index in [2.05, 4.69) is 41.1 Å². The molecule has 1 amide bonds. The van der Waals surface area contributed by atoms with Crippen LogP contribution in [0.25, 0.3) is 0 Å². The Bertz CT molecular complexity index is 822. The second-order valence-electron chi connectivity index (χ2n) is 9.18. The summed E-state index contributed by atoms with van der Waals surface area (Å²) in [5.74, 6) is 6.40. The highest BCUT2D eigenvalue weighted by atomic mass is 16.5. The number of rotatable bonds is 9. The first-order chi connectivity index (χ1) is 15.3. The zero-order chi connectivity index (χ0) is 23.5. The molecule has 1 N–H and O–H groups in total. The van der Waals surface area contributed by atoms with Crippen molar-refractivity contribution in [3.05, 3.63) is 29.3 Å². The summed E-state index contributed by atoms with van der Waals surface area (Å²) in [6, 6.07) is 5.68. The summed E-state index contributed by atoms with van der Waals surface area (Å²) < 4.78 is 5.23. The number of amides is 1. The Morgan fingerprint density at radius 1 is 1.22 bits per heavy atom. The van der Waals surface area contributed by atoms with E-state index < -0.39 is 0 Å². The number of anilines is 1. The Hall–Kier alpha value is -2.48. The van der Waals surface area contributed by atoms with Crippen LogP contribution in [-0.4, -0.2) is 37.6 Å². The van der Waals surface area contributed by atoms with Gasteiger partial charge >= 0.3 is 5.97 Å². The van der Waals surface area contributed by atoms with Crippen molar-refractivity contribution < 1.29 is 14.3 Å². The normalized spacial score (nSPS) is 18.2. The van der Waals surface area contributed by atoms with Crippen molar-refractivity contribution in [2.45, 2.75) is 91.1 Å². The molecule has 0 fully saturated rings. The number of ether oxygens (including phenoxy) is 1. The molecule has 0 bridgehead atoms. The van der Waals surface area contributed by atoms with Gasteiger partial charge in [-0.3, -0.25) is 9.59 Å². The van der Waals surface area contributed by atoms with Gasteiger partial charge in [0.15, 0.2) is 0 Å². The smallest absolute Gasteiger partial charge is 0.302 e. The van der Waals surface area contributed by atoms with Crippen molar-refractivity contribution in [3.8, 4) is 11.8 Å². The molecular formula is C27H40N2O3. The zero-order valence-electron chi connectivity index (χ0n) is 20.5. The maximum absolute atomic E-state index is 12.9. The lowest BCUT2D eigenvalue weighted by molar-refractivity contribution is -0.142. The number of esters is 1. The molecule has 0 saturated carbocycles. The molecule has 2 atom stereocenters. The minimum Gasteiger partial charge on any atom is -0.464 e. The number of unbranched alkanes of at least 4 members (excludes halogenated alkanes) is 6. The number of nitrogens with zero attached hydrogens (tertiary/aromatic N) is 1. The summed E-state index contributed by atoms with van der Waals surface area (Å²) >= 11 is 0. The highest BCUT2D eigenvalue weighted by Gasteiger charge is 2.32. The standard InChI is InChI=1S/C27H40N2O3/c1-6-7-8-9-10-11-12-13-14-22-15-16-25-23(17-22)18-24(19-32-21(4)30)28-27(31)26(20(2)3)29(25)5/h15-17,20,24,26H,6-12,18-19H2,1-5H3,(H,28,31)/t24-,26-/m0/s1. The number of nitrogens with one attached hydrogen (secondary N) is 1. The van der Waals surface area contributed by atoms with Crippen LogP contribution in [0, 0.1) is 17.8 Å². The Labute approximate surface area is 194 Å². The molecule has 2 rings (SSSR count). The van der Waals surface area contributed by atoms with Crippen molar-refractivity contribution in [2.24, 2.45) is 5.92 Å². The van der Waals surface area contributed by atoms with Crippen LogP contribution in [0.4, 0.5) is 5.69 Å². The first-order valence-electron chi connectivity index (χ1n) is 12.1. The van der Waals surface area contributed by atoms with Gasteiger partial charge in [-0.25, -0.2) is 0 Å². The third-order valence-corrected chi connectivity index (χ3v) is 5.97. The molecule has 0 saturated heterocycles. The van der Waals surface area contributed by atoms with Crippen LogP contribution in [0.2, 0.25) is 0 Å². The van der Waals surface area contributed by atoms with Crippen molar-refractivity contribution in [2.75, 3.05) is 18.6 Å². The van der Waals surface area contributed by atoms with Crippen molar-refractivity contribution in [1.82, 2.24) is 5.32 Å². The van der Waals surface area contributed by atoms with Crippen LogP contribution >= 0.6 is 0 Å². The van der Waals surface area contributed by atoms with E-state index in [9.17, 15) is 9.59 Å². The van der Waals surface area contributed by atoms with E-state index in [4.69, 9.17) is 4.74 Å². The number of carbonyl (C=O) groups excluding carboxylic acids is 2. The van der Waals surface area contributed by atoms with Gasteiger partial charge in [0.1, 0.15) is 12.6 Å². The number of hydrogen-bond donors (Lipinski definition) is 1. The van der Waals surface area contributed by atoms with Crippen LogP contribution in [0.5, 0.6) is 0 Å². The molecule has 0 spiro atoms. The third-order valence-electron chi connectivity index (χ3n) is 5.97. The van der Waals surface area contributed by atoms with Gasteiger partial charge in [0.2, 0.25) is 5.91 Å². The summed E-state index contributed by atoms with van der Waals surface area (Å²) in [7, 11) is 1.97. The molecule has 1 aromatic carbocycles. The van der Waals surface area contributed by atoms with Crippen LogP contribution < -0.4 is 10.2 Å². The first-order valence-corrected chi connectivity index (χ1v) is 12.1. The molecule has 1 aliphatic heterocycles. The fourth-order valence-electron chi connectivity index (χ4n) is 4.33. The van der Waals surface area contributed by atoms with Crippen LogP contribution in [-0.2, 0) is 20.7 Å². The van der Waals surface area contributed by atoms with Gasteiger partial charge in [0.05, 0.1) is 6.04 Å². The van der Waals surface area contributed by atoms with Crippen molar-refractivity contribution in [1.29, 1.82) is 0 Å². The van der Waals surface area contributed by atoms with Crippen molar-refractivity contribution >= 4 is 17.6 Å². The maximum Gasteiger partial charge on any atom is 0.302 e. The molecule has 0 radical (unpaired) electrons. The minimum atomic E-state index is -0.339. The molecule has 32 heavy (non-hydrogen) atoms. The SMILES string of the molecule is CCCCCCCCC#Cc1ccc2c(c1)C[C@@H](COC(C)=O)NC(=O)[C@H](C(C)C)N2C. The lowest BCUT2D eigenvalue weighted by atomic mass is 9.94. The largest absolute Gasteiger partial charge is 0.464 e. The molecule has 0 unspecified atom stereocenters. The molecule has 1 heterocycles. The van der Waals surface area contributed by atoms with Crippen molar-refractivity contribution in [3.63, 3.8) is 0 Å². The molecule has 0 aliphatic carbocycles. The average molecular weight is 441 g/mol. The fourth-order valence-corrected chi connectivity index (χ4v) is 4.33. The molecule has 1 aliphatic rings. The predicted molar refractivity (Wildman–Crippen MR) is 131 cm³/mol. The summed E-state index contributed by atoms with van der Waals surface area (Å²) in [6.45, 7) is 7.89. The Balaban J connectivity index is 2.16. The van der Waals surface area contributed by atoms with Gasteiger partial charge in [0, 0.05) is 31.6 Å². The van der Waals surface area contributed by atoms with E-state index in [1.54, 1.807) is 0 Å². The number of fused-ring (bicyclic) bond motifs is 1. The molecule has 5 heteroatoms. The first kappa shape index (κ1) is 25.8. The average Bonchev–Trinajstić information content (AvgIpc) is 2.73. The fraction of sp³-hybridized carbons (Fsp3) is 0.630. The summed E-state index contributed by atoms with van der Waals surface area (Å²) in [5, 5.41) is 3.08. The van der Waals surface area contributed by atoms with E-state index in [0.29, 0.717) is 6.42 Å². The molecule has 5 nitrogen and oxygen atoms in total. The minimum absolute atomic E-state index is 0.0342. The second kappa shape index (κ2) is 13.2. The van der Waals surface area contributed by atoms with Gasteiger partial charge in [-0.2, -0.15) is 0 Å². The van der Waals surface area contributed by atoms with Crippen LogP contribution in [0.3, 0.4) is 0 Å². The molecular weight excluding hydrogens is 400 g/mol. The lowest BCUT2D eigenvalue weighted by Crippen LogP contribution is -2.54. The summed E-state index contributed by atoms with van der Waals surface area (Å²) in [5.41, 5.74) is 3.14. The van der Waals surface area contributed by atoms with E-state index in [-0.39, 0.29) is 36.5 Å². The topological polar surface area (TPSA) is 58.6 Å². The second-order valence-corrected chi connectivity index (χ2v) is 9.18. The van der Waals surface area contributed by atoms with E-state index in [1.807, 2.05) is 27.0 Å². The Morgan fingerprint density at radius 2 is 1.94 bits per heavy atom. The number of benzene rings is 1. The van der Waals surface area contributed by atoms with E-state index in [0.717, 1.165) is 29.7 Å². The maximum atomic E-state index is 12.9. The summed E-state index contributed by atoms with van der Waals surface area (Å²) in [4.78, 5) is 26.3. The quantitative estimate of drug-likeness (QED) is 0.339. The molecule has 0 aromatic heterocycles. The van der Waals surface area contributed by atoms with E-state index >= 15 is 0 Å². The highest BCUT2D eigenvalue weighted by molar-refractivity contribution is 5.86. The summed E-state index contributed by atoms with van der Waals surface area (Å²) in [6.07, 6.45) is 9.13. The predicted octanol–water partition coefficient (Wildman–Crippen LogP) is 4.85. The monoisotopic (exact) mass is 440 g/mol. The van der Waals surface area contributed by atoms with Gasteiger partial charge in [-0.1, -0.05) is 64.7 Å². The Kier molecular flexibility index (Phi) is 10.6. The van der Waals surface area contributed by atoms with Gasteiger partial charge in [0.25, 0.3) is 0 Å². The third kappa shape index (κ3) is 7.89. The van der Waals surface area contributed by atoms with Gasteiger partial charge < -0.3 is 15.0 Å². The van der Waals surface area contributed by atoms with Gasteiger partial charge in [-0.15, -0.1) is 0 Å². The zero-order valence-corrected chi connectivity index (χ0v) is 20.5. The number of carbonyl (C=O) groups is 2. The highest BCUT2D eigenvalue weighted by Crippen LogP contribution is 2.28. The van der Waals surface area contributed by atoms with Gasteiger partial charge in [-0.05, 0) is 42.5 Å². The lowest BCUT2D eigenvalue weighted by Gasteiger charge is -2.37. The van der Waals surface area contributed by atoms with Crippen LogP contribution in [0.1, 0.15) is 83.8 Å². The molecule has 1 aromatic rings. The number of hydrogen-bond acceptors (Lipinski definition) is 4. The number of likely N-dealkylation sites (N-methyl/N-ethyl adjacent to an activating group) is 1. The van der Waals surface area contributed by atoms with E-state index in [1.165, 1.54) is 39.0 Å². The van der Waals surface area contributed by atoms with Crippen LogP contribution in [0.15, 0.2) is 18.2 Å². The Morgan fingerprint density at radius 3 is 2.62 bits per heavy atom.